The van der Waals surface area contributed by atoms with E-state index in [9.17, 15) is 17.6 Å². The molecule has 1 N–H and O–H groups in total. The van der Waals surface area contributed by atoms with E-state index in [0.717, 1.165) is 30.0 Å². The van der Waals surface area contributed by atoms with Crippen LogP contribution in [0.25, 0.3) is 0 Å². The third kappa shape index (κ3) is 5.36. The monoisotopic (exact) mass is 307 g/mol. The molecule has 0 aliphatic heterocycles. The first-order valence-corrected chi connectivity index (χ1v) is 6.35. The zero-order valence-electron chi connectivity index (χ0n) is 10.2. The second-order valence-corrected chi connectivity index (χ2v) is 4.17. The third-order valence-electron chi connectivity index (χ3n) is 1.89. The Labute approximate surface area is 116 Å². The molecule has 0 aromatic heterocycles. The molecule has 1 aromatic rings. The van der Waals surface area contributed by atoms with Crippen molar-refractivity contribution in [2.24, 2.45) is 4.99 Å². The van der Waals surface area contributed by atoms with E-state index >= 15 is 0 Å². The number of nitrogens with zero attached hydrogens (tertiary/aromatic N) is 2. The average molecular weight is 307 g/mol. The fourth-order valence-electron chi connectivity index (χ4n) is 1.14. The minimum Gasteiger partial charge on any atom is -0.482 e. The Kier molecular flexibility index (Phi) is 5.64. The molecule has 0 fully saturated rings. The van der Waals surface area contributed by atoms with Crippen LogP contribution < -0.4 is 10.1 Å². The van der Waals surface area contributed by atoms with Crippen molar-refractivity contribution in [2.45, 2.75) is 6.18 Å². The Hall–Kier alpha value is -1.95. The first-order valence-electron chi connectivity index (χ1n) is 5.12. The Morgan fingerprint density at radius 2 is 2.20 bits per heavy atom. The van der Waals surface area contributed by atoms with E-state index < -0.39 is 18.6 Å². The molecule has 0 radical (unpaired) electrons. The second-order valence-electron chi connectivity index (χ2n) is 3.37. The number of hydrogen-bond acceptors (Lipinski definition) is 4. The molecule has 0 saturated carbocycles. The fraction of sp³-hybridized carbons (Fsp3) is 0.273. The van der Waals surface area contributed by atoms with Crippen LogP contribution in [-0.2, 0) is 0 Å². The smallest absolute Gasteiger partial charge is 0.422 e. The number of thioether (sulfide) groups is 1. The number of ether oxygens (including phenoxy) is 1. The summed E-state index contributed by atoms with van der Waals surface area (Å²) in [6, 6.07) is 2.92. The van der Waals surface area contributed by atoms with E-state index in [4.69, 9.17) is 5.26 Å². The lowest BCUT2D eigenvalue weighted by atomic mass is 10.3. The first-order chi connectivity index (χ1) is 9.35. The number of rotatable bonds is 3. The summed E-state index contributed by atoms with van der Waals surface area (Å²) in [5, 5.41) is 10.8. The van der Waals surface area contributed by atoms with Gasteiger partial charge in [-0.3, -0.25) is 5.32 Å². The number of benzene rings is 1. The Bertz CT molecular complexity index is 539. The van der Waals surface area contributed by atoms with Crippen molar-refractivity contribution in [3.63, 3.8) is 0 Å². The predicted octanol–water partition coefficient (Wildman–Crippen LogP) is 3.19. The van der Waals surface area contributed by atoms with Gasteiger partial charge in [-0.25, -0.2) is 9.38 Å². The lowest BCUT2D eigenvalue weighted by Crippen LogP contribution is -2.19. The number of hydrogen-bond donors (Lipinski definition) is 1. The first kappa shape index (κ1) is 16.1. The topological polar surface area (TPSA) is 57.4 Å². The van der Waals surface area contributed by atoms with Gasteiger partial charge in [-0.2, -0.15) is 18.4 Å². The zero-order chi connectivity index (χ0) is 15.2. The van der Waals surface area contributed by atoms with Gasteiger partial charge in [0, 0.05) is 6.07 Å². The van der Waals surface area contributed by atoms with Gasteiger partial charge in [0.2, 0.25) is 0 Å². The zero-order valence-corrected chi connectivity index (χ0v) is 11.0. The third-order valence-corrected chi connectivity index (χ3v) is 2.47. The van der Waals surface area contributed by atoms with Gasteiger partial charge in [0.15, 0.2) is 18.0 Å². The van der Waals surface area contributed by atoms with Crippen LogP contribution in [-0.4, -0.2) is 24.2 Å². The summed E-state index contributed by atoms with van der Waals surface area (Å²) in [5.74, 6) is -0.907. The average Bonchev–Trinajstić information content (AvgIpc) is 2.36. The predicted molar refractivity (Wildman–Crippen MR) is 67.3 cm³/mol. The van der Waals surface area contributed by atoms with Gasteiger partial charge in [0.1, 0.15) is 17.3 Å². The largest absolute Gasteiger partial charge is 0.482 e. The van der Waals surface area contributed by atoms with Crippen LogP contribution >= 0.6 is 11.8 Å². The standard InChI is InChI=1S/C11H9F4N3OS/c1-20-10(17-6-16)18-8-4-7(12)2-3-9(8)19-5-11(13,14)15/h2-4H,5H2,1H3,(H,17,18). The molecular weight excluding hydrogens is 298 g/mol. The molecule has 0 spiro atoms. The van der Waals surface area contributed by atoms with Crippen LogP contribution in [0.5, 0.6) is 5.75 Å². The normalized spacial score (nSPS) is 11.9. The molecule has 1 aromatic carbocycles. The summed E-state index contributed by atoms with van der Waals surface area (Å²) in [5.41, 5.74) is -0.138. The van der Waals surface area contributed by atoms with Crippen LogP contribution in [0.2, 0.25) is 0 Å². The molecule has 0 atom stereocenters. The van der Waals surface area contributed by atoms with Crippen molar-refractivity contribution in [2.75, 3.05) is 12.9 Å². The van der Waals surface area contributed by atoms with Gasteiger partial charge >= 0.3 is 6.18 Å². The number of alkyl halides is 3. The second kappa shape index (κ2) is 7.00. The van der Waals surface area contributed by atoms with E-state index in [1.54, 1.807) is 12.4 Å². The minimum atomic E-state index is -4.51. The molecule has 0 unspecified atom stereocenters. The Balaban J connectivity index is 3.04. The van der Waals surface area contributed by atoms with Gasteiger partial charge in [0.25, 0.3) is 0 Å². The van der Waals surface area contributed by atoms with E-state index in [2.05, 4.69) is 15.0 Å². The number of nitriles is 1. The van der Waals surface area contributed by atoms with Gasteiger partial charge in [-0.15, -0.1) is 0 Å². The fourth-order valence-corrected chi connectivity index (χ4v) is 1.48. The maximum atomic E-state index is 13.1. The van der Waals surface area contributed by atoms with Crippen molar-refractivity contribution < 1.29 is 22.3 Å². The molecule has 9 heteroatoms. The van der Waals surface area contributed by atoms with Crippen molar-refractivity contribution >= 4 is 22.6 Å². The van der Waals surface area contributed by atoms with E-state index in [0.29, 0.717) is 0 Å². The van der Waals surface area contributed by atoms with Gasteiger partial charge in [-0.05, 0) is 18.4 Å². The van der Waals surface area contributed by atoms with Gasteiger partial charge < -0.3 is 4.74 Å². The molecule has 1 rings (SSSR count). The molecule has 0 heterocycles. The van der Waals surface area contributed by atoms with Crippen LogP contribution in [0.15, 0.2) is 23.2 Å². The minimum absolute atomic E-state index is 0.106. The van der Waals surface area contributed by atoms with Crippen molar-refractivity contribution in [1.29, 1.82) is 5.26 Å². The summed E-state index contributed by atoms with van der Waals surface area (Å²) in [4.78, 5) is 3.84. The highest BCUT2D eigenvalue weighted by Gasteiger charge is 2.28. The lowest BCUT2D eigenvalue weighted by Gasteiger charge is -2.11. The summed E-state index contributed by atoms with van der Waals surface area (Å²) in [7, 11) is 0. The number of halogens is 4. The summed E-state index contributed by atoms with van der Waals surface area (Å²) in [6.45, 7) is -1.51. The number of amidine groups is 1. The van der Waals surface area contributed by atoms with Crippen LogP contribution in [0.3, 0.4) is 0 Å². The molecule has 20 heavy (non-hydrogen) atoms. The van der Waals surface area contributed by atoms with Crippen molar-refractivity contribution in [3.05, 3.63) is 24.0 Å². The van der Waals surface area contributed by atoms with Gasteiger partial charge in [-0.1, -0.05) is 11.8 Å². The molecule has 0 aliphatic carbocycles. The SMILES string of the molecule is CSC(=Nc1cc(F)ccc1OCC(F)(F)F)NC#N. The highest BCUT2D eigenvalue weighted by Crippen LogP contribution is 2.30. The van der Waals surface area contributed by atoms with E-state index in [1.165, 1.54) is 0 Å². The molecule has 0 amide bonds. The summed E-state index contributed by atoms with van der Waals surface area (Å²) >= 11 is 1.04. The van der Waals surface area contributed by atoms with Crippen molar-refractivity contribution in [1.82, 2.24) is 5.32 Å². The quantitative estimate of drug-likeness (QED) is 0.306. The maximum Gasteiger partial charge on any atom is 0.422 e. The molecule has 4 nitrogen and oxygen atoms in total. The molecule has 108 valence electrons. The van der Waals surface area contributed by atoms with E-state index in [-0.39, 0.29) is 16.6 Å². The molecular formula is C11H9F4N3OS. The van der Waals surface area contributed by atoms with Crippen molar-refractivity contribution in [3.8, 4) is 11.9 Å². The molecule has 0 bridgehead atoms. The highest BCUT2D eigenvalue weighted by atomic mass is 32.2. The van der Waals surface area contributed by atoms with Gasteiger partial charge in [0.05, 0.1) is 0 Å². The summed E-state index contributed by atoms with van der Waals surface area (Å²) < 4.78 is 54.0. The number of nitrogens with one attached hydrogen (secondary N) is 1. The number of aliphatic imine (C=N–C) groups is 1. The maximum absolute atomic E-state index is 13.1. The molecule has 0 saturated heterocycles. The van der Waals surface area contributed by atoms with E-state index in [1.807, 2.05) is 0 Å². The lowest BCUT2D eigenvalue weighted by molar-refractivity contribution is -0.153. The van der Waals surface area contributed by atoms with Crippen LogP contribution in [0, 0.1) is 17.3 Å². The molecule has 0 aliphatic rings. The van der Waals surface area contributed by atoms with Crippen LogP contribution in [0.1, 0.15) is 0 Å². The highest BCUT2D eigenvalue weighted by molar-refractivity contribution is 8.13. The summed E-state index contributed by atoms with van der Waals surface area (Å²) in [6.07, 6.45) is -1.30. The van der Waals surface area contributed by atoms with Crippen LogP contribution in [0.4, 0.5) is 23.2 Å². The Morgan fingerprint density at radius 3 is 2.75 bits per heavy atom. The Morgan fingerprint density at radius 1 is 1.50 bits per heavy atom.